The lowest BCUT2D eigenvalue weighted by Gasteiger charge is -2.45. The Hall–Kier alpha value is -3.58. The van der Waals surface area contributed by atoms with Gasteiger partial charge in [0.15, 0.2) is 24.6 Å². The van der Waals surface area contributed by atoms with E-state index < -0.39 is 87.8 Å². The molecular formula is C33H49NO12. The molecule has 1 fully saturated rings. The van der Waals surface area contributed by atoms with Gasteiger partial charge < -0.3 is 28.4 Å². The maximum absolute atomic E-state index is 13.3. The molecule has 1 aromatic rings. The van der Waals surface area contributed by atoms with E-state index in [-0.39, 0.29) is 12.3 Å². The van der Waals surface area contributed by atoms with E-state index in [1.54, 1.807) is 83.1 Å². The average Bonchev–Trinajstić information content (AvgIpc) is 2.90. The fraction of sp³-hybridized carbons (Fsp3) is 0.697. The highest BCUT2D eigenvalue weighted by Crippen LogP contribution is 2.35. The van der Waals surface area contributed by atoms with Crippen LogP contribution in [0.4, 0.5) is 5.69 Å². The second-order valence-electron chi connectivity index (χ2n) is 15.5. The number of hydrogen-bond donors (Lipinski definition) is 0. The van der Waals surface area contributed by atoms with Gasteiger partial charge in [-0.1, -0.05) is 0 Å². The highest BCUT2D eigenvalue weighted by Gasteiger charge is 2.55. The molecule has 0 N–H and O–H groups in total. The van der Waals surface area contributed by atoms with Crippen molar-refractivity contribution in [3.63, 3.8) is 0 Å². The third-order valence-corrected chi connectivity index (χ3v) is 6.71. The van der Waals surface area contributed by atoms with E-state index in [9.17, 15) is 29.3 Å². The van der Waals surface area contributed by atoms with E-state index >= 15 is 0 Å². The van der Waals surface area contributed by atoms with Gasteiger partial charge in [0, 0.05) is 12.1 Å². The molecule has 0 aromatic heterocycles. The van der Waals surface area contributed by atoms with Crippen LogP contribution in [0.15, 0.2) is 24.3 Å². The number of nitro groups is 1. The number of carbonyl (C=O) groups is 4. The van der Waals surface area contributed by atoms with Gasteiger partial charge in [-0.3, -0.25) is 29.3 Å². The lowest BCUT2D eigenvalue weighted by Crippen LogP contribution is -2.64. The lowest BCUT2D eigenvalue weighted by molar-refractivity contribution is -0.384. The van der Waals surface area contributed by atoms with E-state index in [0.717, 1.165) is 0 Å². The Kier molecular flexibility index (Phi) is 12.1. The molecule has 5 atom stereocenters. The normalized spacial score (nSPS) is 22.4. The van der Waals surface area contributed by atoms with E-state index in [1.165, 1.54) is 24.3 Å². The van der Waals surface area contributed by atoms with E-state index in [4.69, 9.17) is 28.4 Å². The number of rotatable bonds is 9. The van der Waals surface area contributed by atoms with Crippen molar-refractivity contribution in [1.29, 1.82) is 0 Å². The van der Waals surface area contributed by atoms with Gasteiger partial charge in [0.2, 0.25) is 0 Å². The lowest BCUT2D eigenvalue weighted by atomic mass is 9.93. The molecular weight excluding hydrogens is 602 g/mol. The number of benzene rings is 1. The first-order valence-corrected chi connectivity index (χ1v) is 15.1. The molecule has 13 heteroatoms. The van der Waals surface area contributed by atoms with Crippen molar-refractivity contribution in [2.24, 2.45) is 21.7 Å². The van der Waals surface area contributed by atoms with Crippen LogP contribution in [0.1, 0.15) is 88.6 Å². The molecule has 1 aliphatic rings. The zero-order valence-electron chi connectivity index (χ0n) is 29.0. The third kappa shape index (κ3) is 10.8. The maximum Gasteiger partial charge on any atom is 0.311 e. The van der Waals surface area contributed by atoms with E-state index in [1.807, 2.05) is 0 Å². The first-order chi connectivity index (χ1) is 20.8. The number of nitro benzene ring substituents is 1. The molecule has 0 radical (unpaired) electrons. The van der Waals surface area contributed by atoms with Gasteiger partial charge in [0.1, 0.15) is 12.7 Å². The van der Waals surface area contributed by atoms with Crippen molar-refractivity contribution < 1.29 is 52.5 Å². The van der Waals surface area contributed by atoms with Gasteiger partial charge in [0.05, 0.1) is 33.2 Å². The summed E-state index contributed by atoms with van der Waals surface area (Å²) in [4.78, 5) is 63.2. The fourth-order valence-electron chi connectivity index (χ4n) is 3.72. The Morgan fingerprint density at radius 1 is 0.674 bits per heavy atom. The molecule has 0 spiro atoms. The Bertz CT molecular complexity index is 1260. The highest BCUT2D eigenvalue weighted by molar-refractivity contribution is 5.78. The molecule has 13 nitrogen and oxygen atoms in total. The second-order valence-corrected chi connectivity index (χ2v) is 15.5. The van der Waals surface area contributed by atoms with Crippen molar-refractivity contribution in [2.45, 2.75) is 120 Å². The van der Waals surface area contributed by atoms with Crippen molar-refractivity contribution in [2.75, 3.05) is 6.61 Å². The molecule has 258 valence electrons. The number of ether oxygens (including phenoxy) is 6. The van der Waals surface area contributed by atoms with Crippen molar-refractivity contribution in [3.05, 3.63) is 39.9 Å². The van der Waals surface area contributed by atoms with Crippen LogP contribution < -0.4 is 0 Å². The van der Waals surface area contributed by atoms with Crippen molar-refractivity contribution in [1.82, 2.24) is 0 Å². The summed E-state index contributed by atoms with van der Waals surface area (Å²) >= 11 is 0. The minimum atomic E-state index is -1.45. The summed E-state index contributed by atoms with van der Waals surface area (Å²) in [6, 6.07) is 5.60. The van der Waals surface area contributed by atoms with Crippen LogP contribution in [0.3, 0.4) is 0 Å². The van der Waals surface area contributed by atoms with Crippen LogP contribution in [0, 0.1) is 31.8 Å². The molecule has 0 amide bonds. The number of hydrogen-bond acceptors (Lipinski definition) is 12. The van der Waals surface area contributed by atoms with Crippen LogP contribution in [0.25, 0.3) is 0 Å². The zero-order valence-corrected chi connectivity index (χ0v) is 29.0. The first-order valence-electron chi connectivity index (χ1n) is 15.1. The van der Waals surface area contributed by atoms with Crippen LogP contribution in [-0.4, -0.2) is 66.1 Å². The molecule has 2 rings (SSSR count). The first kappa shape index (κ1) is 38.6. The number of carbonyl (C=O) groups excluding carboxylic acids is 4. The Labute approximate surface area is 270 Å². The number of esters is 4. The molecule has 0 unspecified atom stereocenters. The van der Waals surface area contributed by atoms with Gasteiger partial charge in [0.25, 0.3) is 5.69 Å². The van der Waals surface area contributed by atoms with Gasteiger partial charge in [-0.2, -0.15) is 0 Å². The summed E-state index contributed by atoms with van der Waals surface area (Å²) in [6.45, 7) is 19.1. The summed E-state index contributed by atoms with van der Waals surface area (Å²) in [5.74, 6) is -2.60. The molecule has 0 saturated carbocycles. The monoisotopic (exact) mass is 651 g/mol. The smallest absolute Gasteiger partial charge is 0.311 e. The standard InChI is InChI=1S/C33H49NO12/c1-30(2,3)26(35)42-18-21-22(44-27(36)31(4,5)6)23(45-28(37)32(7,8)9)24(46-29(38)33(10,11)12)25(43-21)41-17-19-13-15-20(16-14-19)34(39)40/h13-16,21-25H,17-18H2,1-12H3/t21-,22-,23+,24+,25+/m1/s1. The maximum atomic E-state index is 13.3. The van der Waals surface area contributed by atoms with E-state index in [2.05, 4.69) is 0 Å². The topological polar surface area (TPSA) is 167 Å². The molecule has 1 aromatic carbocycles. The predicted octanol–water partition coefficient (Wildman–Crippen LogP) is 5.30. The van der Waals surface area contributed by atoms with Crippen molar-refractivity contribution in [3.8, 4) is 0 Å². The predicted molar refractivity (Wildman–Crippen MR) is 165 cm³/mol. The molecule has 1 aliphatic heterocycles. The van der Waals surface area contributed by atoms with Crippen LogP contribution >= 0.6 is 0 Å². The summed E-state index contributed by atoms with van der Waals surface area (Å²) in [5.41, 5.74) is -3.48. The molecule has 0 bridgehead atoms. The minimum absolute atomic E-state index is 0.118. The Morgan fingerprint density at radius 2 is 1.09 bits per heavy atom. The van der Waals surface area contributed by atoms with Crippen LogP contribution in [0.2, 0.25) is 0 Å². The fourth-order valence-corrected chi connectivity index (χ4v) is 3.72. The summed E-state index contributed by atoms with van der Waals surface area (Å²) in [7, 11) is 0. The van der Waals surface area contributed by atoms with Crippen LogP contribution in [-0.2, 0) is 54.2 Å². The van der Waals surface area contributed by atoms with Gasteiger partial charge >= 0.3 is 23.9 Å². The molecule has 1 heterocycles. The van der Waals surface area contributed by atoms with Gasteiger partial charge in [-0.25, -0.2) is 0 Å². The summed E-state index contributed by atoms with van der Waals surface area (Å²) in [6.07, 6.45) is -6.91. The average molecular weight is 652 g/mol. The number of non-ortho nitro benzene ring substituents is 1. The van der Waals surface area contributed by atoms with Crippen LogP contribution in [0.5, 0.6) is 0 Å². The largest absolute Gasteiger partial charge is 0.462 e. The minimum Gasteiger partial charge on any atom is -0.462 e. The molecule has 0 aliphatic carbocycles. The quantitative estimate of drug-likeness (QED) is 0.147. The van der Waals surface area contributed by atoms with Gasteiger partial charge in [-0.05, 0) is 101 Å². The zero-order chi connectivity index (χ0) is 35.4. The Morgan fingerprint density at radius 3 is 1.50 bits per heavy atom. The van der Waals surface area contributed by atoms with Crippen molar-refractivity contribution >= 4 is 29.6 Å². The second kappa shape index (κ2) is 14.5. The number of nitrogens with zero attached hydrogens (tertiary/aromatic N) is 1. The molecule has 1 saturated heterocycles. The highest BCUT2D eigenvalue weighted by atomic mass is 16.7. The van der Waals surface area contributed by atoms with E-state index in [0.29, 0.717) is 5.56 Å². The summed E-state index contributed by atoms with van der Waals surface area (Å²) < 4.78 is 35.7. The SMILES string of the molecule is CC(C)(C)C(=O)OC[C@H]1O[C@H](OCc2ccc([N+](=O)[O-])cc2)[C@@H](OC(=O)C(C)(C)C)[C@@H](OC(=O)C(C)(C)C)[C@@H]1OC(=O)C(C)(C)C. The Balaban J connectivity index is 2.65. The third-order valence-electron chi connectivity index (χ3n) is 6.71. The van der Waals surface area contributed by atoms with Gasteiger partial charge in [-0.15, -0.1) is 0 Å². The summed E-state index contributed by atoms with van der Waals surface area (Å²) in [5, 5.41) is 11.1. The molecule has 46 heavy (non-hydrogen) atoms.